The third kappa shape index (κ3) is 7.00. The van der Waals surface area contributed by atoms with Crippen LogP contribution < -0.4 is 9.64 Å². The maximum atomic E-state index is 11.8. The molecule has 0 unspecified atom stereocenters. The van der Waals surface area contributed by atoms with Gasteiger partial charge in [0.05, 0.1) is 25.4 Å². The van der Waals surface area contributed by atoms with Crippen LogP contribution in [-0.2, 0) is 9.47 Å². The van der Waals surface area contributed by atoms with E-state index in [4.69, 9.17) is 14.2 Å². The second kappa shape index (κ2) is 12.1. The Hall–Kier alpha value is -2.64. The van der Waals surface area contributed by atoms with Gasteiger partial charge in [-0.05, 0) is 44.2 Å². The molecule has 0 radical (unpaired) electrons. The summed E-state index contributed by atoms with van der Waals surface area (Å²) in [5, 5.41) is 0. The Labute approximate surface area is 178 Å². The normalized spacial score (nSPS) is 14.9. The van der Waals surface area contributed by atoms with Crippen molar-refractivity contribution in [3.05, 3.63) is 54.2 Å². The summed E-state index contributed by atoms with van der Waals surface area (Å²) in [4.78, 5) is 20.9. The molecule has 1 saturated heterocycles. The predicted molar refractivity (Wildman–Crippen MR) is 116 cm³/mol. The van der Waals surface area contributed by atoms with Crippen LogP contribution in [0, 0.1) is 0 Å². The largest absolute Gasteiger partial charge is 0.491 e. The lowest BCUT2D eigenvalue weighted by Crippen LogP contribution is -2.33. The summed E-state index contributed by atoms with van der Waals surface area (Å²) in [5.41, 5.74) is 0.491. The zero-order valence-corrected chi connectivity index (χ0v) is 17.7. The van der Waals surface area contributed by atoms with Gasteiger partial charge in [0, 0.05) is 32.4 Å². The fourth-order valence-electron chi connectivity index (χ4n) is 3.36. The molecule has 2 aromatic rings. The van der Waals surface area contributed by atoms with Crippen LogP contribution >= 0.6 is 0 Å². The molecule has 1 aromatic heterocycles. The molecule has 0 spiro atoms. The van der Waals surface area contributed by atoms with Gasteiger partial charge in [0.25, 0.3) is 0 Å². The van der Waals surface area contributed by atoms with E-state index in [0.717, 1.165) is 50.7 Å². The van der Waals surface area contributed by atoms with Crippen molar-refractivity contribution >= 4 is 11.8 Å². The summed E-state index contributed by atoms with van der Waals surface area (Å²) < 4.78 is 16.4. The highest BCUT2D eigenvalue weighted by Gasteiger charge is 2.16. The summed E-state index contributed by atoms with van der Waals surface area (Å²) in [7, 11) is 0. The predicted octanol–water partition coefficient (Wildman–Crippen LogP) is 2.87. The van der Waals surface area contributed by atoms with Crippen LogP contribution in [0.2, 0.25) is 0 Å². The molecule has 7 heteroatoms. The molecule has 1 aliphatic rings. The minimum atomic E-state index is -0.326. The molecular weight excluding hydrogens is 382 g/mol. The van der Waals surface area contributed by atoms with Gasteiger partial charge in [-0.15, -0.1) is 0 Å². The molecular formula is C23H31N3O4. The molecule has 7 nitrogen and oxygen atoms in total. The topological polar surface area (TPSA) is 64.1 Å². The second-order valence-electron chi connectivity index (χ2n) is 7.08. The molecule has 0 atom stereocenters. The van der Waals surface area contributed by atoms with Crippen LogP contribution in [0.25, 0.3) is 0 Å². The number of aromatic nitrogens is 1. The van der Waals surface area contributed by atoms with Crippen molar-refractivity contribution in [1.82, 2.24) is 9.88 Å². The van der Waals surface area contributed by atoms with Gasteiger partial charge in [-0.3, -0.25) is 4.90 Å². The quantitative estimate of drug-likeness (QED) is 0.438. The highest BCUT2D eigenvalue weighted by Crippen LogP contribution is 2.15. The van der Waals surface area contributed by atoms with Crippen LogP contribution in [0.1, 0.15) is 23.7 Å². The Morgan fingerprint density at radius 2 is 1.87 bits per heavy atom. The first-order valence-corrected chi connectivity index (χ1v) is 10.6. The van der Waals surface area contributed by atoms with E-state index >= 15 is 0 Å². The lowest BCUT2D eigenvalue weighted by atomic mass is 10.2. The fourth-order valence-corrected chi connectivity index (χ4v) is 3.36. The van der Waals surface area contributed by atoms with E-state index in [1.807, 2.05) is 36.4 Å². The van der Waals surface area contributed by atoms with E-state index in [2.05, 4.69) is 14.8 Å². The molecule has 2 heterocycles. The minimum Gasteiger partial charge on any atom is -0.491 e. The van der Waals surface area contributed by atoms with Crippen molar-refractivity contribution in [2.45, 2.75) is 13.3 Å². The first kappa shape index (κ1) is 22.1. The summed E-state index contributed by atoms with van der Waals surface area (Å²) in [6.45, 7) is 8.79. The molecule has 1 aromatic carbocycles. The van der Waals surface area contributed by atoms with Crippen LogP contribution in [0.5, 0.6) is 5.75 Å². The summed E-state index contributed by atoms with van der Waals surface area (Å²) >= 11 is 0. The number of hydrogen-bond donors (Lipinski definition) is 0. The molecule has 0 bridgehead atoms. The summed E-state index contributed by atoms with van der Waals surface area (Å²) in [5.74, 6) is 1.45. The Morgan fingerprint density at radius 3 is 2.63 bits per heavy atom. The number of benzene rings is 1. The highest BCUT2D eigenvalue weighted by molar-refractivity contribution is 5.89. The number of carbonyl (C=O) groups excluding carboxylic acids is 1. The molecule has 0 saturated carbocycles. The van der Waals surface area contributed by atoms with Gasteiger partial charge in [-0.1, -0.05) is 18.2 Å². The van der Waals surface area contributed by atoms with Gasteiger partial charge in [0.2, 0.25) is 0 Å². The van der Waals surface area contributed by atoms with Crippen LogP contribution in [0.15, 0.2) is 48.7 Å². The van der Waals surface area contributed by atoms with Gasteiger partial charge < -0.3 is 19.1 Å². The van der Waals surface area contributed by atoms with Crippen molar-refractivity contribution in [3.63, 3.8) is 0 Å². The first-order valence-electron chi connectivity index (χ1n) is 10.6. The van der Waals surface area contributed by atoms with Crippen LogP contribution in [0.4, 0.5) is 5.82 Å². The summed E-state index contributed by atoms with van der Waals surface area (Å²) in [6.07, 6.45) is 2.67. The molecule has 1 aliphatic heterocycles. The van der Waals surface area contributed by atoms with Gasteiger partial charge in [-0.25, -0.2) is 9.78 Å². The average molecular weight is 414 g/mol. The molecule has 3 rings (SSSR count). The average Bonchev–Trinajstić information content (AvgIpc) is 3.03. The van der Waals surface area contributed by atoms with Gasteiger partial charge in [-0.2, -0.15) is 0 Å². The molecule has 0 amide bonds. The third-order valence-electron chi connectivity index (χ3n) is 4.96. The van der Waals surface area contributed by atoms with Crippen molar-refractivity contribution < 1.29 is 19.0 Å². The van der Waals surface area contributed by atoms with E-state index in [9.17, 15) is 4.79 Å². The molecule has 1 fully saturated rings. The number of hydrogen-bond acceptors (Lipinski definition) is 7. The number of para-hydroxylation sites is 1. The standard InChI is InChI=1S/C23H31N3O4/c1-2-29-23(27)20-9-10-22(24-19-20)26-12-6-11-25(13-14-26)15-16-28-17-18-30-21-7-4-3-5-8-21/h3-5,7-10,19H,2,6,11-18H2,1H3. The van der Waals surface area contributed by atoms with Crippen molar-refractivity contribution in [3.8, 4) is 5.75 Å². The number of rotatable bonds is 10. The zero-order valence-electron chi connectivity index (χ0n) is 17.7. The maximum Gasteiger partial charge on any atom is 0.339 e. The smallest absolute Gasteiger partial charge is 0.339 e. The highest BCUT2D eigenvalue weighted by atomic mass is 16.5. The van der Waals surface area contributed by atoms with E-state index in [-0.39, 0.29) is 5.97 Å². The number of esters is 1. The lowest BCUT2D eigenvalue weighted by Gasteiger charge is -2.22. The van der Waals surface area contributed by atoms with E-state index < -0.39 is 0 Å². The Bertz CT molecular complexity index is 755. The Balaban J connectivity index is 1.34. The number of anilines is 1. The monoisotopic (exact) mass is 413 g/mol. The summed E-state index contributed by atoms with van der Waals surface area (Å²) in [6, 6.07) is 13.5. The van der Waals surface area contributed by atoms with Gasteiger partial charge >= 0.3 is 5.97 Å². The number of nitrogens with zero attached hydrogens (tertiary/aromatic N) is 3. The third-order valence-corrected chi connectivity index (χ3v) is 4.96. The van der Waals surface area contributed by atoms with Crippen LogP contribution in [-0.4, -0.2) is 75.0 Å². The SMILES string of the molecule is CCOC(=O)c1ccc(N2CCCN(CCOCCOc3ccccc3)CC2)nc1. The van der Waals surface area contributed by atoms with E-state index in [0.29, 0.717) is 32.0 Å². The van der Waals surface area contributed by atoms with Gasteiger partial charge in [0.1, 0.15) is 18.2 Å². The van der Waals surface area contributed by atoms with E-state index in [1.165, 1.54) is 0 Å². The van der Waals surface area contributed by atoms with Crippen LogP contribution in [0.3, 0.4) is 0 Å². The lowest BCUT2D eigenvalue weighted by molar-refractivity contribution is 0.0526. The molecule has 0 aliphatic carbocycles. The first-order chi connectivity index (χ1) is 14.8. The van der Waals surface area contributed by atoms with Crippen molar-refractivity contribution in [2.24, 2.45) is 0 Å². The van der Waals surface area contributed by atoms with E-state index in [1.54, 1.807) is 19.2 Å². The number of pyridine rings is 1. The zero-order chi connectivity index (χ0) is 21.0. The Morgan fingerprint density at radius 1 is 1.00 bits per heavy atom. The van der Waals surface area contributed by atoms with Crippen molar-refractivity contribution in [2.75, 3.05) is 64.1 Å². The second-order valence-corrected chi connectivity index (χ2v) is 7.08. The maximum absolute atomic E-state index is 11.8. The molecule has 30 heavy (non-hydrogen) atoms. The number of ether oxygens (including phenoxy) is 3. The molecule has 162 valence electrons. The molecule has 0 N–H and O–H groups in total. The Kier molecular flexibility index (Phi) is 8.93. The fraction of sp³-hybridized carbons (Fsp3) is 0.478. The minimum absolute atomic E-state index is 0.326. The number of carbonyl (C=O) groups is 1. The van der Waals surface area contributed by atoms with Crippen molar-refractivity contribution in [1.29, 1.82) is 0 Å². The van der Waals surface area contributed by atoms with Gasteiger partial charge in [0.15, 0.2) is 0 Å².